The molecule has 3 heterocycles. The number of nitrogens with zero attached hydrogens (tertiary/aromatic N) is 5. The highest BCUT2D eigenvalue weighted by Crippen LogP contribution is 2.32. The highest BCUT2D eigenvalue weighted by Gasteiger charge is 2.31. The number of hydrogen-bond acceptors (Lipinski definition) is 5. The fourth-order valence-corrected chi connectivity index (χ4v) is 4.92. The summed E-state index contributed by atoms with van der Waals surface area (Å²) in [4.78, 5) is 41.1. The highest BCUT2D eigenvalue weighted by molar-refractivity contribution is 5.96. The van der Waals surface area contributed by atoms with Gasteiger partial charge < -0.3 is 14.7 Å². The lowest BCUT2D eigenvalue weighted by Gasteiger charge is -2.35. The third-order valence-corrected chi connectivity index (χ3v) is 6.85. The molecule has 0 N–H and O–H groups in total. The second-order valence-electron chi connectivity index (χ2n) is 9.49. The lowest BCUT2D eigenvalue weighted by molar-refractivity contribution is 0.0598. The van der Waals surface area contributed by atoms with Crippen molar-refractivity contribution in [1.29, 1.82) is 0 Å². The Morgan fingerprint density at radius 2 is 1.73 bits per heavy atom. The first-order chi connectivity index (χ1) is 15.9. The summed E-state index contributed by atoms with van der Waals surface area (Å²) in [6.45, 7) is 6.75. The van der Waals surface area contributed by atoms with Gasteiger partial charge in [-0.3, -0.25) is 9.59 Å². The van der Waals surface area contributed by atoms with Crippen LogP contribution < -0.4 is 4.90 Å². The van der Waals surface area contributed by atoms with Crippen LogP contribution in [-0.4, -0.2) is 65.3 Å². The van der Waals surface area contributed by atoms with Crippen LogP contribution in [0.2, 0.25) is 0 Å². The molecule has 2 amide bonds. The Hall–Kier alpha value is -2.96. The van der Waals surface area contributed by atoms with Crippen molar-refractivity contribution in [3.05, 3.63) is 52.6 Å². The van der Waals surface area contributed by atoms with E-state index in [1.807, 2.05) is 17.9 Å². The molecule has 1 aromatic heterocycles. The second-order valence-corrected chi connectivity index (χ2v) is 9.49. The number of likely N-dealkylation sites (tertiary alicyclic amines) is 1. The van der Waals surface area contributed by atoms with Crippen LogP contribution in [0.3, 0.4) is 0 Å². The molecule has 0 saturated carbocycles. The van der Waals surface area contributed by atoms with Crippen LogP contribution >= 0.6 is 0 Å². The van der Waals surface area contributed by atoms with E-state index >= 15 is 0 Å². The Kier molecular flexibility index (Phi) is 6.96. The fourth-order valence-electron chi connectivity index (χ4n) is 4.92. The van der Waals surface area contributed by atoms with E-state index in [-0.39, 0.29) is 17.9 Å². The Labute approximate surface area is 196 Å². The van der Waals surface area contributed by atoms with E-state index in [1.54, 1.807) is 20.3 Å². The lowest BCUT2D eigenvalue weighted by atomic mass is 9.98. The van der Waals surface area contributed by atoms with E-state index in [4.69, 9.17) is 0 Å². The van der Waals surface area contributed by atoms with Crippen molar-refractivity contribution in [3.8, 4) is 0 Å². The van der Waals surface area contributed by atoms with Crippen LogP contribution in [-0.2, 0) is 0 Å². The largest absolute Gasteiger partial charge is 0.371 e. The quantitative estimate of drug-likeness (QED) is 0.701. The number of aryl methyl sites for hydroxylation is 2. The van der Waals surface area contributed by atoms with Crippen molar-refractivity contribution < 1.29 is 9.59 Å². The number of anilines is 1. The third kappa shape index (κ3) is 4.87. The summed E-state index contributed by atoms with van der Waals surface area (Å²) in [6, 6.07) is 5.91. The molecule has 1 atom stereocenters. The number of amides is 2. The first kappa shape index (κ1) is 23.2. The second kappa shape index (κ2) is 9.89. The van der Waals surface area contributed by atoms with Crippen molar-refractivity contribution in [2.45, 2.75) is 58.4 Å². The molecule has 2 aromatic rings. The average Bonchev–Trinajstić information content (AvgIpc) is 2.84. The van der Waals surface area contributed by atoms with E-state index < -0.39 is 0 Å². The molecule has 4 rings (SSSR count). The Morgan fingerprint density at radius 1 is 1.00 bits per heavy atom. The molecule has 33 heavy (non-hydrogen) atoms. The monoisotopic (exact) mass is 449 g/mol. The standard InChI is InChI=1S/C26H35N5O2/c1-18-11-12-20(16-23(18)30-13-7-5-8-14-30)25(32)31-15-9-6-10-22(31)24-27-17-21(19(2)28-24)26(33)29(3)4/h11-12,16-17,22H,5-10,13-15H2,1-4H3/t22-/m0/s1. The maximum atomic E-state index is 13.7. The number of benzene rings is 1. The van der Waals surface area contributed by atoms with Crippen LogP contribution in [0.25, 0.3) is 0 Å². The van der Waals surface area contributed by atoms with Gasteiger partial charge in [0, 0.05) is 51.2 Å². The number of hydrogen-bond donors (Lipinski definition) is 0. The van der Waals surface area contributed by atoms with Gasteiger partial charge in [-0.15, -0.1) is 0 Å². The summed E-state index contributed by atoms with van der Waals surface area (Å²) in [7, 11) is 3.44. The van der Waals surface area contributed by atoms with Gasteiger partial charge in [-0.1, -0.05) is 6.07 Å². The van der Waals surface area contributed by atoms with Crippen LogP contribution in [0.4, 0.5) is 5.69 Å². The first-order valence-electron chi connectivity index (χ1n) is 12.1. The molecule has 2 fully saturated rings. The summed E-state index contributed by atoms with van der Waals surface area (Å²) in [5.41, 5.74) is 4.27. The minimum atomic E-state index is -0.173. The normalized spacial score (nSPS) is 18.8. The van der Waals surface area contributed by atoms with E-state index in [2.05, 4.69) is 33.9 Å². The van der Waals surface area contributed by atoms with Crippen LogP contribution in [0, 0.1) is 13.8 Å². The number of piperidine rings is 2. The maximum Gasteiger partial charge on any atom is 0.256 e. The summed E-state index contributed by atoms with van der Waals surface area (Å²) in [5, 5.41) is 0. The summed E-state index contributed by atoms with van der Waals surface area (Å²) in [6.07, 6.45) is 8.13. The SMILES string of the molecule is Cc1ccc(C(=O)N2CCCC[C@H]2c2ncc(C(=O)N(C)C)c(C)n2)cc1N1CCCCC1. The van der Waals surface area contributed by atoms with Crippen molar-refractivity contribution in [1.82, 2.24) is 19.8 Å². The molecule has 0 radical (unpaired) electrons. The third-order valence-electron chi connectivity index (χ3n) is 6.85. The van der Waals surface area contributed by atoms with E-state index in [0.717, 1.165) is 37.9 Å². The van der Waals surface area contributed by atoms with Crippen molar-refractivity contribution >= 4 is 17.5 Å². The number of rotatable bonds is 4. The van der Waals surface area contributed by atoms with Crippen LogP contribution in [0.5, 0.6) is 0 Å². The van der Waals surface area contributed by atoms with Crippen molar-refractivity contribution in [2.75, 3.05) is 38.6 Å². The molecule has 7 nitrogen and oxygen atoms in total. The Balaban J connectivity index is 1.61. The molecule has 0 spiro atoms. The van der Waals surface area contributed by atoms with Gasteiger partial charge in [-0.25, -0.2) is 9.97 Å². The smallest absolute Gasteiger partial charge is 0.256 e. The average molecular weight is 450 g/mol. The fraction of sp³-hybridized carbons (Fsp3) is 0.538. The number of carbonyl (C=O) groups excluding carboxylic acids is 2. The van der Waals surface area contributed by atoms with Gasteiger partial charge in [-0.05, 0) is 70.1 Å². The Bertz CT molecular complexity index is 1030. The van der Waals surface area contributed by atoms with Gasteiger partial charge in [0.1, 0.15) is 0 Å². The molecule has 2 aliphatic heterocycles. The molecular weight excluding hydrogens is 414 g/mol. The van der Waals surface area contributed by atoms with Gasteiger partial charge in [0.05, 0.1) is 17.3 Å². The molecule has 0 unspecified atom stereocenters. The van der Waals surface area contributed by atoms with Gasteiger partial charge in [0.2, 0.25) is 0 Å². The molecule has 0 bridgehead atoms. The zero-order valence-electron chi connectivity index (χ0n) is 20.3. The Morgan fingerprint density at radius 3 is 2.42 bits per heavy atom. The first-order valence-corrected chi connectivity index (χ1v) is 12.1. The highest BCUT2D eigenvalue weighted by atomic mass is 16.2. The van der Waals surface area contributed by atoms with Gasteiger partial charge in [0.25, 0.3) is 11.8 Å². The lowest BCUT2D eigenvalue weighted by Crippen LogP contribution is -2.39. The van der Waals surface area contributed by atoms with Crippen LogP contribution in [0.1, 0.15) is 82.4 Å². The molecular formula is C26H35N5O2. The summed E-state index contributed by atoms with van der Waals surface area (Å²) >= 11 is 0. The molecule has 0 aliphatic carbocycles. The van der Waals surface area contributed by atoms with Crippen molar-refractivity contribution in [2.24, 2.45) is 0 Å². The van der Waals surface area contributed by atoms with Gasteiger partial charge in [0.15, 0.2) is 5.82 Å². The van der Waals surface area contributed by atoms with Gasteiger partial charge >= 0.3 is 0 Å². The van der Waals surface area contributed by atoms with Gasteiger partial charge in [-0.2, -0.15) is 0 Å². The zero-order chi connectivity index (χ0) is 23.5. The molecule has 2 saturated heterocycles. The molecule has 7 heteroatoms. The zero-order valence-corrected chi connectivity index (χ0v) is 20.3. The minimum absolute atomic E-state index is 0.0349. The number of aromatic nitrogens is 2. The predicted octanol–water partition coefficient (Wildman–Crippen LogP) is 4.15. The van der Waals surface area contributed by atoms with E-state index in [0.29, 0.717) is 23.6 Å². The van der Waals surface area contributed by atoms with E-state index in [1.165, 1.54) is 35.4 Å². The number of carbonyl (C=O) groups is 2. The minimum Gasteiger partial charge on any atom is -0.371 e. The maximum absolute atomic E-state index is 13.7. The molecule has 2 aliphatic rings. The summed E-state index contributed by atoms with van der Waals surface area (Å²) < 4.78 is 0. The topological polar surface area (TPSA) is 69.6 Å². The summed E-state index contributed by atoms with van der Waals surface area (Å²) in [5.74, 6) is 0.549. The molecule has 1 aromatic carbocycles. The predicted molar refractivity (Wildman–Crippen MR) is 130 cm³/mol. The van der Waals surface area contributed by atoms with Crippen LogP contribution in [0.15, 0.2) is 24.4 Å². The van der Waals surface area contributed by atoms with Crippen molar-refractivity contribution in [3.63, 3.8) is 0 Å². The molecule has 176 valence electrons. The van der Waals surface area contributed by atoms with E-state index in [9.17, 15) is 9.59 Å².